The van der Waals surface area contributed by atoms with Gasteiger partial charge in [0, 0.05) is 24.2 Å². The molecule has 8 nitrogen and oxygen atoms in total. The molecule has 2 aromatic rings. The molecular formula is C24H27ClN2O6. The van der Waals surface area contributed by atoms with Gasteiger partial charge in [-0.15, -0.1) is 0 Å². The minimum atomic E-state index is -0.879. The normalized spacial score (nSPS) is 17.5. The molecule has 0 bridgehead atoms. The van der Waals surface area contributed by atoms with Crippen LogP contribution in [0.1, 0.15) is 17.2 Å². The van der Waals surface area contributed by atoms with Crippen LogP contribution in [0.2, 0.25) is 5.02 Å². The molecule has 0 spiro atoms. The van der Waals surface area contributed by atoms with Crippen molar-refractivity contribution in [2.45, 2.75) is 6.04 Å². The molecule has 1 fully saturated rings. The van der Waals surface area contributed by atoms with Crippen molar-refractivity contribution in [2.75, 3.05) is 48.5 Å². The Labute approximate surface area is 197 Å². The predicted molar refractivity (Wildman–Crippen MR) is 125 cm³/mol. The molecule has 3 rings (SSSR count). The van der Waals surface area contributed by atoms with E-state index >= 15 is 0 Å². The number of likely N-dealkylation sites (N-methyl/N-ethyl adjacent to an activating group) is 1. The van der Waals surface area contributed by atoms with Crippen LogP contribution in [0.4, 0.5) is 0 Å². The maximum absolute atomic E-state index is 13.2. The van der Waals surface area contributed by atoms with Crippen LogP contribution in [-0.2, 0) is 9.59 Å². The van der Waals surface area contributed by atoms with Gasteiger partial charge in [-0.2, -0.15) is 0 Å². The van der Waals surface area contributed by atoms with Crippen LogP contribution in [0.5, 0.6) is 17.2 Å². The van der Waals surface area contributed by atoms with Crippen molar-refractivity contribution in [3.8, 4) is 17.2 Å². The summed E-state index contributed by atoms with van der Waals surface area (Å²) < 4.78 is 16.1. The van der Waals surface area contributed by atoms with Crippen molar-refractivity contribution >= 4 is 29.1 Å². The summed E-state index contributed by atoms with van der Waals surface area (Å²) in [5, 5.41) is 11.5. The van der Waals surface area contributed by atoms with Gasteiger partial charge in [0.2, 0.25) is 0 Å². The van der Waals surface area contributed by atoms with Crippen molar-refractivity contribution in [2.24, 2.45) is 0 Å². The lowest BCUT2D eigenvalue weighted by Gasteiger charge is -2.28. The number of aliphatic hydroxyl groups excluding tert-OH is 1. The number of carbonyl (C=O) groups excluding carboxylic acids is 2. The molecule has 0 saturated carbocycles. The highest BCUT2D eigenvalue weighted by atomic mass is 35.5. The number of aliphatic hydroxyl groups is 1. The molecular weight excluding hydrogens is 448 g/mol. The highest BCUT2D eigenvalue weighted by molar-refractivity contribution is 6.46. The van der Waals surface area contributed by atoms with Gasteiger partial charge in [-0.3, -0.25) is 9.59 Å². The lowest BCUT2D eigenvalue weighted by Crippen LogP contribution is -2.35. The second-order valence-corrected chi connectivity index (χ2v) is 8.16. The van der Waals surface area contributed by atoms with Crippen LogP contribution in [0.3, 0.4) is 0 Å². The number of methoxy groups -OCH3 is 3. The number of benzene rings is 2. The van der Waals surface area contributed by atoms with Crippen LogP contribution in [-0.4, -0.2) is 75.1 Å². The van der Waals surface area contributed by atoms with Crippen LogP contribution < -0.4 is 14.2 Å². The summed E-state index contributed by atoms with van der Waals surface area (Å²) in [7, 11) is 8.24. The van der Waals surface area contributed by atoms with Gasteiger partial charge in [0.1, 0.15) is 23.0 Å². The number of hydrogen-bond acceptors (Lipinski definition) is 7. The number of amides is 1. The van der Waals surface area contributed by atoms with E-state index in [2.05, 4.69) is 0 Å². The quantitative estimate of drug-likeness (QED) is 0.356. The minimum absolute atomic E-state index is 0.0495. The Balaban J connectivity index is 2.24. The Morgan fingerprint density at radius 3 is 2.27 bits per heavy atom. The number of likely N-dealkylation sites (tertiary alicyclic amines) is 1. The number of carbonyl (C=O) groups is 2. The summed E-state index contributed by atoms with van der Waals surface area (Å²) in [6.07, 6.45) is 0. The largest absolute Gasteiger partial charge is 0.507 e. The lowest BCUT2D eigenvalue weighted by molar-refractivity contribution is -0.140. The number of ether oxygens (including phenoxy) is 3. The van der Waals surface area contributed by atoms with E-state index in [0.717, 1.165) is 0 Å². The number of rotatable bonds is 8. The molecule has 1 atom stereocenters. The zero-order valence-electron chi connectivity index (χ0n) is 19.2. The van der Waals surface area contributed by atoms with Gasteiger partial charge in [-0.1, -0.05) is 11.6 Å². The van der Waals surface area contributed by atoms with Crippen molar-refractivity contribution in [3.05, 3.63) is 58.1 Å². The molecule has 1 aliphatic heterocycles. The number of halogens is 1. The van der Waals surface area contributed by atoms with Crippen molar-refractivity contribution in [1.82, 2.24) is 9.80 Å². The van der Waals surface area contributed by atoms with Crippen LogP contribution in [0.25, 0.3) is 5.76 Å². The first-order chi connectivity index (χ1) is 15.7. The third kappa shape index (κ3) is 4.77. The molecule has 0 aliphatic carbocycles. The van der Waals surface area contributed by atoms with Crippen molar-refractivity contribution in [3.63, 3.8) is 0 Å². The van der Waals surface area contributed by atoms with Crippen LogP contribution in [0.15, 0.2) is 42.0 Å². The number of Topliss-reactive ketones (excluding diaryl/α,β-unsaturated/α-hetero) is 1. The summed E-state index contributed by atoms with van der Waals surface area (Å²) in [5.74, 6) is -0.417. The first kappa shape index (κ1) is 24.4. The highest BCUT2D eigenvalue weighted by Crippen LogP contribution is 2.44. The van der Waals surface area contributed by atoms with Gasteiger partial charge in [0.05, 0.1) is 38.0 Å². The smallest absolute Gasteiger partial charge is 0.295 e. The topological polar surface area (TPSA) is 88.5 Å². The SMILES string of the molecule is COc1ccc(OC)c([C@@H]2/C(=C(/O)c3ccc(OC)c(Cl)c3)C(=O)C(=O)N2CCN(C)C)c1. The number of nitrogens with zero attached hydrogens (tertiary/aromatic N) is 2. The fourth-order valence-electron chi connectivity index (χ4n) is 3.76. The number of hydrogen-bond donors (Lipinski definition) is 1. The van der Waals surface area contributed by atoms with Gasteiger partial charge in [0.25, 0.3) is 11.7 Å². The fourth-order valence-corrected chi connectivity index (χ4v) is 4.02. The fraction of sp³-hybridized carbons (Fsp3) is 0.333. The Hall–Kier alpha value is -3.23. The highest BCUT2D eigenvalue weighted by Gasteiger charge is 2.47. The van der Waals surface area contributed by atoms with Gasteiger partial charge >= 0.3 is 0 Å². The summed E-state index contributed by atoms with van der Waals surface area (Å²) in [6, 6.07) is 8.89. The number of ketones is 1. The van der Waals surface area contributed by atoms with Gasteiger partial charge in [0.15, 0.2) is 0 Å². The van der Waals surface area contributed by atoms with Gasteiger partial charge < -0.3 is 29.1 Å². The first-order valence-corrected chi connectivity index (χ1v) is 10.6. The molecule has 1 heterocycles. The average molecular weight is 475 g/mol. The summed E-state index contributed by atoms with van der Waals surface area (Å²) in [4.78, 5) is 29.6. The molecule has 0 radical (unpaired) electrons. The molecule has 2 aromatic carbocycles. The maximum Gasteiger partial charge on any atom is 0.295 e. The molecule has 33 heavy (non-hydrogen) atoms. The van der Waals surface area contributed by atoms with E-state index < -0.39 is 17.7 Å². The summed E-state index contributed by atoms with van der Waals surface area (Å²) >= 11 is 6.24. The van der Waals surface area contributed by atoms with Crippen molar-refractivity contribution in [1.29, 1.82) is 0 Å². The van der Waals surface area contributed by atoms with Gasteiger partial charge in [-0.05, 0) is 50.5 Å². The first-order valence-electron chi connectivity index (χ1n) is 10.2. The Morgan fingerprint density at radius 1 is 1.03 bits per heavy atom. The van der Waals surface area contributed by atoms with E-state index in [4.69, 9.17) is 25.8 Å². The van der Waals surface area contributed by atoms with E-state index in [0.29, 0.717) is 34.9 Å². The zero-order chi connectivity index (χ0) is 24.3. The van der Waals surface area contributed by atoms with E-state index in [9.17, 15) is 14.7 Å². The molecule has 1 aliphatic rings. The summed E-state index contributed by atoms with van der Waals surface area (Å²) in [6.45, 7) is 0.785. The molecule has 1 amide bonds. The lowest BCUT2D eigenvalue weighted by atomic mass is 9.94. The molecule has 9 heteroatoms. The van der Waals surface area contributed by atoms with Crippen molar-refractivity contribution < 1.29 is 28.9 Å². The molecule has 176 valence electrons. The second kappa shape index (κ2) is 10.1. The van der Waals surface area contributed by atoms with E-state index in [-0.39, 0.29) is 22.9 Å². The Morgan fingerprint density at radius 2 is 1.70 bits per heavy atom. The van der Waals surface area contributed by atoms with Crippen LogP contribution >= 0.6 is 11.6 Å². The second-order valence-electron chi connectivity index (χ2n) is 7.75. The van der Waals surface area contributed by atoms with Gasteiger partial charge in [-0.25, -0.2) is 0 Å². The molecule has 1 saturated heterocycles. The predicted octanol–water partition coefficient (Wildman–Crippen LogP) is 3.35. The standard InChI is InChI=1S/C24H27ClN2O6/c1-26(2)10-11-27-21(16-13-15(31-3)7-9-18(16)32-4)20(23(29)24(27)30)22(28)14-6-8-19(33-5)17(25)12-14/h6-9,12-13,21,28H,10-11H2,1-5H3/b22-20-/t21-/m1/s1. The minimum Gasteiger partial charge on any atom is -0.507 e. The monoisotopic (exact) mass is 474 g/mol. The average Bonchev–Trinajstić information content (AvgIpc) is 3.06. The molecule has 1 N–H and O–H groups in total. The Bertz CT molecular complexity index is 1100. The molecule has 0 unspecified atom stereocenters. The van der Waals surface area contributed by atoms with E-state index in [1.54, 1.807) is 30.3 Å². The summed E-state index contributed by atoms with van der Waals surface area (Å²) in [5.41, 5.74) is 0.765. The van der Waals surface area contributed by atoms with Crippen LogP contribution in [0, 0.1) is 0 Å². The van der Waals surface area contributed by atoms with E-state index in [1.807, 2.05) is 19.0 Å². The maximum atomic E-state index is 13.2. The molecule has 0 aromatic heterocycles. The zero-order valence-corrected chi connectivity index (χ0v) is 20.0. The third-order valence-corrected chi connectivity index (χ3v) is 5.78. The third-order valence-electron chi connectivity index (χ3n) is 5.48. The van der Waals surface area contributed by atoms with E-state index in [1.165, 1.54) is 32.3 Å². The Kier molecular flexibility index (Phi) is 7.50.